The number of carbonyl (C=O) groups is 2. The van der Waals surface area contributed by atoms with E-state index in [1.165, 1.54) is 0 Å². The molecule has 0 aromatic heterocycles. The second kappa shape index (κ2) is 2.72. The summed E-state index contributed by atoms with van der Waals surface area (Å²) < 4.78 is 0. The Hall–Kier alpha value is -1.72. The van der Waals surface area contributed by atoms with Gasteiger partial charge in [-0.3, -0.25) is 0 Å². The van der Waals surface area contributed by atoms with Crippen molar-refractivity contribution in [2.45, 2.75) is 0 Å². The molecule has 0 aliphatic rings. The van der Waals surface area contributed by atoms with Crippen LogP contribution in [0, 0.1) is 0 Å². The maximum absolute atomic E-state index is 9.71. The molecule has 10 heavy (non-hydrogen) atoms. The van der Waals surface area contributed by atoms with Crippen LogP contribution in [0.15, 0.2) is 11.5 Å². The van der Waals surface area contributed by atoms with Crippen molar-refractivity contribution in [3.63, 3.8) is 0 Å². The Morgan fingerprint density at radius 2 is 0.900 bits per heavy atom. The van der Waals surface area contributed by atoms with E-state index in [-0.39, 0.29) is 0 Å². The van der Waals surface area contributed by atoms with Crippen molar-refractivity contribution in [3.8, 4) is 0 Å². The van der Waals surface area contributed by atoms with Crippen molar-refractivity contribution in [2.24, 2.45) is 0 Å². The van der Waals surface area contributed by atoms with E-state index in [0.717, 1.165) is 0 Å². The molecule has 0 saturated heterocycles. The quantitative estimate of drug-likeness (QED) is 0.309. The van der Waals surface area contributed by atoms with Crippen LogP contribution in [0.5, 0.6) is 0 Å². The summed E-state index contributed by atoms with van der Waals surface area (Å²) in [5.74, 6) is -6.93. The lowest BCUT2D eigenvalue weighted by Crippen LogP contribution is -2.10. The Labute approximate surface area is 54.6 Å². The molecule has 0 rings (SSSR count). The number of aliphatic carboxylic acids is 2. The molecule has 6 heteroatoms. The van der Waals surface area contributed by atoms with E-state index in [2.05, 4.69) is 0 Å². The summed E-state index contributed by atoms with van der Waals surface area (Å²) in [6, 6.07) is 0. The zero-order valence-corrected chi connectivity index (χ0v) is 4.61. The van der Waals surface area contributed by atoms with E-state index in [1.54, 1.807) is 0 Å². The first-order valence-electron chi connectivity index (χ1n) is 2.05. The third-order valence-corrected chi connectivity index (χ3v) is 0.629. The summed E-state index contributed by atoms with van der Waals surface area (Å²) >= 11 is 0. The fourth-order valence-electron chi connectivity index (χ4n) is 0.203. The Morgan fingerprint density at radius 3 is 1.00 bits per heavy atom. The van der Waals surface area contributed by atoms with Gasteiger partial charge < -0.3 is 20.4 Å². The summed E-state index contributed by atoms with van der Waals surface area (Å²) in [5, 5.41) is 32.2. The molecule has 0 heterocycles. The third-order valence-electron chi connectivity index (χ3n) is 0.629. The fourth-order valence-corrected chi connectivity index (χ4v) is 0.203. The molecule has 0 spiro atoms. The predicted octanol–water partition coefficient (Wildman–Crippen LogP) is -0.517. The van der Waals surface area contributed by atoms with Crippen molar-refractivity contribution in [2.75, 3.05) is 0 Å². The Kier molecular flexibility index (Phi) is 2.25. The fraction of sp³-hybridized carbons (Fsp3) is 0. The smallest absolute Gasteiger partial charge is 0.375 e. The van der Waals surface area contributed by atoms with Gasteiger partial charge in [-0.05, 0) is 0 Å². The number of hydrogen-bond donors (Lipinski definition) is 4. The molecule has 0 fully saturated rings. The van der Waals surface area contributed by atoms with Crippen LogP contribution in [0.25, 0.3) is 0 Å². The van der Waals surface area contributed by atoms with Crippen molar-refractivity contribution < 1.29 is 30.0 Å². The summed E-state index contributed by atoms with van der Waals surface area (Å²) in [6.45, 7) is 0. The number of carboxylic acids is 2. The van der Waals surface area contributed by atoms with Crippen LogP contribution in [0.1, 0.15) is 0 Å². The van der Waals surface area contributed by atoms with Gasteiger partial charge in [-0.1, -0.05) is 0 Å². The molecule has 0 aromatic rings. The minimum absolute atomic E-state index is 1.58. The van der Waals surface area contributed by atoms with Gasteiger partial charge in [0.05, 0.1) is 0 Å². The number of carboxylic acid groups (broad SMARTS) is 2. The van der Waals surface area contributed by atoms with Gasteiger partial charge in [-0.2, -0.15) is 0 Å². The van der Waals surface area contributed by atoms with Crippen LogP contribution in [0.2, 0.25) is 0 Å². The summed E-state index contributed by atoms with van der Waals surface area (Å²) in [5.41, 5.74) is 0. The molecule has 0 bridgehead atoms. The van der Waals surface area contributed by atoms with E-state index < -0.39 is 23.5 Å². The van der Waals surface area contributed by atoms with Crippen LogP contribution >= 0.6 is 0 Å². The average molecular weight is 148 g/mol. The SMILES string of the molecule is O=C(O)/C(O)=C(/O)C(=O)O. The van der Waals surface area contributed by atoms with Gasteiger partial charge in [-0.25, -0.2) is 9.59 Å². The molecule has 0 aliphatic heterocycles. The topological polar surface area (TPSA) is 115 Å². The minimum Gasteiger partial charge on any atom is -0.499 e. The zero-order chi connectivity index (χ0) is 8.31. The van der Waals surface area contributed by atoms with Gasteiger partial charge in [-0.15, -0.1) is 0 Å². The number of rotatable bonds is 2. The molecule has 0 unspecified atom stereocenters. The van der Waals surface area contributed by atoms with Crippen LogP contribution < -0.4 is 0 Å². The third kappa shape index (κ3) is 1.66. The van der Waals surface area contributed by atoms with E-state index in [1.807, 2.05) is 0 Å². The van der Waals surface area contributed by atoms with Crippen molar-refractivity contribution in [3.05, 3.63) is 11.5 Å². The lowest BCUT2D eigenvalue weighted by Gasteiger charge is -1.92. The summed E-state index contributed by atoms with van der Waals surface area (Å²) in [7, 11) is 0. The highest BCUT2D eigenvalue weighted by Gasteiger charge is 2.17. The van der Waals surface area contributed by atoms with E-state index in [0.29, 0.717) is 0 Å². The molecule has 0 radical (unpaired) electrons. The van der Waals surface area contributed by atoms with Crippen LogP contribution in [0.4, 0.5) is 0 Å². The molecular formula is C4H4O6. The van der Waals surface area contributed by atoms with E-state index in [4.69, 9.17) is 20.4 Å². The molecule has 0 amide bonds. The van der Waals surface area contributed by atoms with Gasteiger partial charge in [0.1, 0.15) is 0 Å². The number of hydrogen-bond acceptors (Lipinski definition) is 4. The van der Waals surface area contributed by atoms with E-state index in [9.17, 15) is 9.59 Å². The van der Waals surface area contributed by atoms with Gasteiger partial charge in [0.25, 0.3) is 11.5 Å². The highest BCUT2D eigenvalue weighted by atomic mass is 16.4. The van der Waals surface area contributed by atoms with Crippen LogP contribution in [0.3, 0.4) is 0 Å². The molecule has 0 aliphatic carbocycles. The molecule has 0 saturated carbocycles. The Bertz CT molecular complexity index is 180. The van der Waals surface area contributed by atoms with E-state index >= 15 is 0 Å². The second-order valence-electron chi connectivity index (χ2n) is 1.31. The first-order chi connectivity index (χ1) is 4.46. The predicted molar refractivity (Wildman–Crippen MR) is 27.6 cm³/mol. The molecule has 0 atom stereocenters. The highest BCUT2D eigenvalue weighted by molar-refractivity contribution is 5.94. The largest absolute Gasteiger partial charge is 0.499 e. The van der Waals surface area contributed by atoms with Gasteiger partial charge >= 0.3 is 11.9 Å². The highest BCUT2D eigenvalue weighted by Crippen LogP contribution is 1.96. The van der Waals surface area contributed by atoms with Crippen molar-refractivity contribution >= 4 is 11.9 Å². The Morgan fingerprint density at radius 1 is 0.700 bits per heavy atom. The summed E-state index contributed by atoms with van der Waals surface area (Å²) in [6.07, 6.45) is 0. The van der Waals surface area contributed by atoms with Crippen LogP contribution in [-0.2, 0) is 9.59 Å². The number of aliphatic hydroxyl groups is 2. The first-order valence-corrected chi connectivity index (χ1v) is 2.05. The molecule has 0 aromatic carbocycles. The zero-order valence-electron chi connectivity index (χ0n) is 4.61. The maximum Gasteiger partial charge on any atom is 0.375 e. The lowest BCUT2D eigenvalue weighted by atomic mass is 10.4. The summed E-state index contributed by atoms with van der Waals surface area (Å²) in [4.78, 5) is 19.4. The first kappa shape index (κ1) is 8.28. The number of aliphatic hydroxyl groups excluding tert-OH is 2. The van der Waals surface area contributed by atoms with Gasteiger partial charge in [0.2, 0.25) is 0 Å². The normalized spacial score (nSPS) is 12.0. The average Bonchev–Trinajstić information content (AvgIpc) is 1.84. The molecule has 4 N–H and O–H groups in total. The van der Waals surface area contributed by atoms with Crippen molar-refractivity contribution in [1.82, 2.24) is 0 Å². The monoisotopic (exact) mass is 148 g/mol. The second-order valence-corrected chi connectivity index (χ2v) is 1.31. The van der Waals surface area contributed by atoms with Crippen molar-refractivity contribution in [1.29, 1.82) is 0 Å². The van der Waals surface area contributed by atoms with Crippen LogP contribution in [-0.4, -0.2) is 32.4 Å². The Balaban J connectivity index is 4.67. The maximum atomic E-state index is 9.71. The lowest BCUT2D eigenvalue weighted by molar-refractivity contribution is -0.140. The molecular weight excluding hydrogens is 144 g/mol. The van der Waals surface area contributed by atoms with Gasteiger partial charge in [0.15, 0.2) is 0 Å². The molecule has 56 valence electrons. The molecule has 6 nitrogen and oxygen atoms in total. The standard InChI is InChI=1S/C4H4O6/c5-1(3(7)8)2(6)4(9)10/h5-6H,(H,7,8)(H,9,10)/b2-1-. The minimum atomic E-state index is -1.89. The van der Waals surface area contributed by atoms with Gasteiger partial charge in [0, 0.05) is 0 Å².